The Morgan fingerprint density at radius 2 is 1.74 bits per heavy atom. The molecule has 0 amide bonds. The molecular formula is C28H31NO6. The molecule has 1 N–H and O–H groups in total. The second-order valence-electron chi connectivity index (χ2n) is 9.46. The number of para-hydroxylation sites is 1. The number of ether oxygens (including phenoxy) is 3. The Bertz CT molecular complexity index is 1230. The molecule has 0 bridgehead atoms. The zero-order valence-electron chi connectivity index (χ0n) is 21.0. The Morgan fingerprint density at radius 1 is 1.00 bits per heavy atom. The Morgan fingerprint density at radius 3 is 2.34 bits per heavy atom. The highest BCUT2D eigenvalue weighted by atomic mass is 16.5. The van der Waals surface area contributed by atoms with Crippen LogP contribution in [0.3, 0.4) is 0 Å². The lowest BCUT2D eigenvalue weighted by Gasteiger charge is -2.18. The van der Waals surface area contributed by atoms with Gasteiger partial charge in [-0.25, -0.2) is 4.79 Å². The number of carbonyl (C=O) groups is 2. The first-order valence-electron chi connectivity index (χ1n) is 11.2. The minimum Gasteiger partial charge on any atom is -0.507 e. The third-order valence-corrected chi connectivity index (χ3v) is 5.49. The Balaban J connectivity index is 1.76. The van der Waals surface area contributed by atoms with Gasteiger partial charge in [0.25, 0.3) is 0 Å². The molecule has 0 radical (unpaired) electrons. The summed E-state index contributed by atoms with van der Waals surface area (Å²) in [5.74, 6) is 0.242. The van der Waals surface area contributed by atoms with Gasteiger partial charge in [0.15, 0.2) is 5.78 Å². The van der Waals surface area contributed by atoms with Crippen molar-refractivity contribution in [1.29, 1.82) is 0 Å². The number of methoxy groups -OCH3 is 2. The number of esters is 1. The first kappa shape index (κ1) is 25.7. The van der Waals surface area contributed by atoms with E-state index in [9.17, 15) is 14.7 Å². The van der Waals surface area contributed by atoms with Crippen molar-refractivity contribution in [2.45, 2.75) is 40.7 Å². The van der Waals surface area contributed by atoms with Gasteiger partial charge in [-0.2, -0.15) is 0 Å². The third-order valence-electron chi connectivity index (χ3n) is 5.49. The van der Waals surface area contributed by atoms with Gasteiger partial charge in [-0.1, -0.05) is 32.9 Å². The summed E-state index contributed by atoms with van der Waals surface area (Å²) in [5, 5.41) is 10.6. The maximum atomic E-state index is 12.6. The maximum absolute atomic E-state index is 12.6. The summed E-state index contributed by atoms with van der Waals surface area (Å²) in [7, 11) is 2.81. The Kier molecular flexibility index (Phi) is 7.79. The van der Waals surface area contributed by atoms with Crippen molar-refractivity contribution in [3.8, 4) is 28.5 Å². The number of hydrogen-bond donors (Lipinski definition) is 1. The number of hydrogen-bond acceptors (Lipinski definition) is 7. The Labute approximate surface area is 205 Å². The average molecular weight is 478 g/mol. The smallest absolute Gasteiger partial charge is 0.341 e. The first-order chi connectivity index (χ1) is 16.6. The molecule has 1 aromatic heterocycles. The highest BCUT2D eigenvalue weighted by Gasteiger charge is 2.22. The van der Waals surface area contributed by atoms with Crippen molar-refractivity contribution in [1.82, 2.24) is 4.98 Å². The molecule has 0 aliphatic rings. The highest BCUT2D eigenvalue weighted by molar-refractivity contribution is 5.99. The summed E-state index contributed by atoms with van der Waals surface area (Å²) < 4.78 is 16.2. The lowest BCUT2D eigenvalue weighted by molar-refractivity contribution is 0.0597. The minimum atomic E-state index is -0.488. The fourth-order valence-electron chi connectivity index (χ4n) is 3.70. The van der Waals surface area contributed by atoms with Crippen LogP contribution < -0.4 is 9.47 Å². The van der Waals surface area contributed by atoms with Crippen LogP contribution in [-0.2, 0) is 11.3 Å². The van der Waals surface area contributed by atoms with Gasteiger partial charge in [-0.05, 0) is 42.7 Å². The zero-order chi connectivity index (χ0) is 25.8. The van der Waals surface area contributed by atoms with Crippen LogP contribution in [0.5, 0.6) is 17.2 Å². The minimum absolute atomic E-state index is 0.0530. The summed E-state index contributed by atoms with van der Waals surface area (Å²) in [6.45, 7) is 7.90. The molecule has 1 heterocycles. The molecule has 7 nitrogen and oxygen atoms in total. The summed E-state index contributed by atoms with van der Waals surface area (Å²) >= 11 is 0. The number of aromatic hydroxyl groups is 1. The molecule has 3 rings (SSSR count). The van der Waals surface area contributed by atoms with E-state index in [1.54, 1.807) is 37.4 Å². The predicted molar refractivity (Wildman–Crippen MR) is 133 cm³/mol. The number of phenolic OH excluding ortho intramolecular Hbond substituents is 1. The van der Waals surface area contributed by atoms with E-state index < -0.39 is 5.97 Å². The number of Topliss-reactive ketones (excluding diaryl/α,β-unsaturated/α-hetero) is 1. The van der Waals surface area contributed by atoms with Gasteiger partial charge < -0.3 is 19.3 Å². The molecule has 0 aliphatic heterocycles. The number of nitrogens with zero attached hydrogens (tertiary/aromatic N) is 1. The highest BCUT2D eigenvalue weighted by Crippen LogP contribution is 2.34. The average Bonchev–Trinajstić information content (AvgIpc) is 2.83. The van der Waals surface area contributed by atoms with E-state index >= 15 is 0 Å². The van der Waals surface area contributed by atoms with Crippen molar-refractivity contribution >= 4 is 11.8 Å². The molecule has 0 spiro atoms. The number of rotatable bonds is 8. The monoisotopic (exact) mass is 477 g/mol. The van der Waals surface area contributed by atoms with Gasteiger partial charge in [-0.3, -0.25) is 9.78 Å². The van der Waals surface area contributed by atoms with Gasteiger partial charge in [-0.15, -0.1) is 0 Å². The van der Waals surface area contributed by atoms with E-state index in [1.165, 1.54) is 14.2 Å². The molecule has 3 aromatic rings. The van der Waals surface area contributed by atoms with Crippen LogP contribution in [0.25, 0.3) is 11.3 Å². The van der Waals surface area contributed by atoms with E-state index in [4.69, 9.17) is 14.2 Å². The lowest BCUT2D eigenvalue weighted by Crippen LogP contribution is -2.13. The molecule has 7 heteroatoms. The number of phenols is 1. The second-order valence-corrected chi connectivity index (χ2v) is 9.46. The van der Waals surface area contributed by atoms with Crippen LogP contribution in [0, 0.1) is 12.3 Å². The summed E-state index contributed by atoms with van der Waals surface area (Å²) in [6.07, 6.45) is 2.02. The topological polar surface area (TPSA) is 95.0 Å². The van der Waals surface area contributed by atoms with Gasteiger partial charge in [0, 0.05) is 29.3 Å². The number of carbonyl (C=O) groups excluding carboxylic acids is 2. The second kappa shape index (κ2) is 10.6. The Hall–Kier alpha value is -3.87. The first-order valence-corrected chi connectivity index (χ1v) is 11.2. The molecule has 184 valence electrons. The fraction of sp³-hybridized carbons (Fsp3) is 0.321. The van der Waals surface area contributed by atoms with Crippen molar-refractivity contribution in [2.24, 2.45) is 5.41 Å². The molecule has 0 atom stereocenters. The third kappa shape index (κ3) is 5.98. The summed E-state index contributed by atoms with van der Waals surface area (Å²) in [6, 6.07) is 12.2. The number of ketones is 1. The van der Waals surface area contributed by atoms with E-state index in [0.717, 1.165) is 5.56 Å². The van der Waals surface area contributed by atoms with Crippen LogP contribution in [0.1, 0.15) is 59.0 Å². The van der Waals surface area contributed by atoms with Crippen LogP contribution in [0.4, 0.5) is 0 Å². The largest absolute Gasteiger partial charge is 0.507 e. The van der Waals surface area contributed by atoms with E-state index in [0.29, 0.717) is 45.9 Å². The molecule has 2 aromatic carbocycles. The predicted octanol–water partition coefficient (Wildman–Crippen LogP) is 5.76. The standard InChI is InChI=1S/C28H31NO6/c1-17-24(13-11-20(25(17)31)23(30)14-28(2,3)4)35-16-18-10-12-22(29-15-18)19-8-7-9-21(26(19)33-5)27(32)34-6/h7-13,15,31H,14,16H2,1-6H3. The number of aromatic nitrogens is 1. The van der Waals surface area contributed by atoms with E-state index in [-0.39, 0.29) is 23.6 Å². The van der Waals surface area contributed by atoms with Crippen molar-refractivity contribution in [2.75, 3.05) is 14.2 Å². The van der Waals surface area contributed by atoms with Gasteiger partial charge in [0.2, 0.25) is 0 Å². The number of benzene rings is 2. The van der Waals surface area contributed by atoms with Crippen LogP contribution in [0.15, 0.2) is 48.7 Å². The molecule has 0 aliphatic carbocycles. The van der Waals surface area contributed by atoms with E-state index in [1.807, 2.05) is 39.0 Å². The van der Waals surface area contributed by atoms with Crippen molar-refractivity contribution < 1.29 is 28.9 Å². The van der Waals surface area contributed by atoms with E-state index in [2.05, 4.69) is 4.98 Å². The van der Waals surface area contributed by atoms with Crippen LogP contribution in [-0.4, -0.2) is 36.1 Å². The summed E-state index contributed by atoms with van der Waals surface area (Å²) in [5.41, 5.74) is 3.07. The summed E-state index contributed by atoms with van der Waals surface area (Å²) in [4.78, 5) is 29.1. The van der Waals surface area contributed by atoms with Crippen molar-refractivity contribution in [3.05, 3.63) is 70.9 Å². The molecule has 0 unspecified atom stereocenters. The zero-order valence-corrected chi connectivity index (χ0v) is 21.0. The van der Waals surface area contributed by atoms with Gasteiger partial charge in [0.1, 0.15) is 29.4 Å². The molecular weight excluding hydrogens is 446 g/mol. The number of pyridine rings is 1. The SMILES string of the molecule is COC(=O)c1cccc(-c2ccc(COc3ccc(C(=O)CC(C)(C)C)c(O)c3C)cn2)c1OC. The maximum Gasteiger partial charge on any atom is 0.341 e. The van der Waals surface area contributed by atoms with Crippen LogP contribution in [0.2, 0.25) is 0 Å². The van der Waals surface area contributed by atoms with Gasteiger partial charge in [0.05, 0.1) is 25.5 Å². The molecule has 0 saturated heterocycles. The normalized spacial score (nSPS) is 11.1. The fourth-order valence-corrected chi connectivity index (χ4v) is 3.70. The molecule has 0 saturated carbocycles. The van der Waals surface area contributed by atoms with Crippen LogP contribution >= 0.6 is 0 Å². The van der Waals surface area contributed by atoms with Gasteiger partial charge >= 0.3 is 5.97 Å². The quantitative estimate of drug-likeness (QED) is 0.326. The molecule has 35 heavy (non-hydrogen) atoms. The lowest BCUT2D eigenvalue weighted by atomic mass is 9.87. The van der Waals surface area contributed by atoms with Crippen molar-refractivity contribution in [3.63, 3.8) is 0 Å². The molecule has 0 fully saturated rings.